The topological polar surface area (TPSA) is 75.9 Å². The summed E-state index contributed by atoms with van der Waals surface area (Å²) >= 11 is 0. The normalized spacial score (nSPS) is 14.0. The lowest BCUT2D eigenvalue weighted by molar-refractivity contribution is 0.760. The lowest BCUT2D eigenvalue weighted by atomic mass is 10.1. The van der Waals surface area contributed by atoms with E-state index in [4.69, 9.17) is 5.84 Å². The molecule has 0 saturated heterocycles. The van der Waals surface area contributed by atoms with Gasteiger partial charge in [0, 0.05) is 18.5 Å². The maximum absolute atomic E-state index is 5.49. The number of benzene rings is 1. The summed E-state index contributed by atoms with van der Waals surface area (Å²) in [6, 6.07) is 10.8. The number of hydrogen-bond donors (Lipinski definition) is 3. The van der Waals surface area contributed by atoms with Crippen LogP contribution in [0.25, 0.3) is 0 Å². The Labute approximate surface area is 125 Å². The standard InChI is InChI=1S/C16H21N5/c1-2-5-14-19-15(10-16(20-14)21-17)18-13-8-11-6-3-4-7-12(11)9-13/h3-4,6-7,10,13H,2,5,8-9,17H2,1H3,(H2,18,19,20,21). The molecule has 1 aromatic heterocycles. The van der Waals surface area contributed by atoms with Gasteiger partial charge in [-0.1, -0.05) is 31.2 Å². The van der Waals surface area contributed by atoms with Gasteiger partial charge in [0.05, 0.1) is 0 Å². The van der Waals surface area contributed by atoms with Gasteiger partial charge in [0.2, 0.25) is 0 Å². The number of aromatic nitrogens is 2. The highest BCUT2D eigenvalue weighted by atomic mass is 15.3. The average Bonchev–Trinajstić information content (AvgIpc) is 2.89. The monoisotopic (exact) mass is 283 g/mol. The highest BCUT2D eigenvalue weighted by Gasteiger charge is 2.21. The van der Waals surface area contributed by atoms with Gasteiger partial charge in [0.25, 0.3) is 0 Å². The molecule has 1 aliphatic rings. The number of hydrogen-bond acceptors (Lipinski definition) is 5. The lowest BCUT2D eigenvalue weighted by Crippen LogP contribution is -2.21. The minimum Gasteiger partial charge on any atom is -0.366 e. The molecule has 0 fully saturated rings. The molecule has 3 rings (SSSR count). The third-order valence-electron chi connectivity index (χ3n) is 3.80. The maximum atomic E-state index is 5.49. The van der Waals surface area contributed by atoms with E-state index in [0.29, 0.717) is 11.9 Å². The second kappa shape index (κ2) is 6.10. The number of hydrazine groups is 1. The zero-order valence-electron chi connectivity index (χ0n) is 12.3. The maximum Gasteiger partial charge on any atom is 0.145 e. The Morgan fingerprint density at radius 3 is 2.43 bits per heavy atom. The van der Waals surface area contributed by atoms with Gasteiger partial charge in [-0.15, -0.1) is 0 Å². The van der Waals surface area contributed by atoms with E-state index < -0.39 is 0 Å². The van der Waals surface area contributed by atoms with Crippen LogP contribution in [0.4, 0.5) is 11.6 Å². The minimum absolute atomic E-state index is 0.386. The number of aryl methyl sites for hydroxylation is 1. The van der Waals surface area contributed by atoms with Gasteiger partial charge < -0.3 is 10.7 Å². The van der Waals surface area contributed by atoms with Crippen molar-refractivity contribution in [3.8, 4) is 0 Å². The van der Waals surface area contributed by atoms with Gasteiger partial charge >= 0.3 is 0 Å². The van der Waals surface area contributed by atoms with E-state index in [1.165, 1.54) is 11.1 Å². The molecule has 2 aromatic rings. The zero-order valence-corrected chi connectivity index (χ0v) is 12.3. The van der Waals surface area contributed by atoms with Gasteiger partial charge in [0.1, 0.15) is 17.5 Å². The van der Waals surface area contributed by atoms with Crippen LogP contribution in [0.1, 0.15) is 30.3 Å². The van der Waals surface area contributed by atoms with Gasteiger partial charge in [-0.3, -0.25) is 0 Å². The van der Waals surface area contributed by atoms with Crippen LogP contribution in [0.5, 0.6) is 0 Å². The first-order chi connectivity index (χ1) is 10.3. The molecule has 0 atom stereocenters. The molecule has 110 valence electrons. The van der Waals surface area contributed by atoms with Crippen molar-refractivity contribution >= 4 is 11.6 Å². The van der Waals surface area contributed by atoms with Crippen molar-refractivity contribution < 1.29 is 0 Å². The number of fused-ring (bicyclic) bond motifs is 1. The molecule has 0 saturated carbocycles. The second-order valence-electron chi connectivity index (χ2n) is 5.47. The second-order valence-corrected chi connectivity index (χ2v) is 5.47. The smallest absolute Gasteiger partial charge is 0.145 e. The number of nitrogen functional groups attached to an aromatic ring is 1. The van der Waals surface area contributed by atoms with E-state index in [1.807, 2.05) is 6.07 Å². The Morgan fingerprint density at radius 1 is 1.14 bits per heavy atom. The Kier molecular flexibility index (Phi) is 4.01. The van der Waals surface area contributed by atoms with E-state index in [1.54, 1.807) is 0 Å². The molecule has 4 N–H and O–H groups in total. The van der Waals surface area contributed by atoms with Crippen LogP contribution in [0, 0.1) is 0 Å². The number of anilines is 2. The zero-order chi connectivity index (χ0) is 14.7. The first-order valence-corrected chi connectivity index (χ1v) is 7.46. The van der Waals surface area contributed by atoms with Crippen molar-refractivity contribution in [2.45, 2.75) is 38.6 Å². The SMILES string of the molecule is CCCc1nc(NN)cc(NC2Cc3ccccc3C2)n1. The molecule has 0 bridgehead atoms. The molecule has 0 spiro atoms. The van der Waals surface area contributed by atoms with Crippen LogP contribution in [-0.4, -0.2) is 16.0 Å². The summed E-state index contributed by atoms with van der Waals surface area (Å²) in [5.41, 5.74) is 5.47. The number of rotatable bonds is 5. The van der Waals surface area contributed by atoms with E-state index in [-0.39, 0.29) is 0 Å². The first kappa shape index (κ1) is 13.8. The molecule has 0 radical (unpaired) electrons. The number of nitrogens with one attached hydrogen (secondary N) is 2. The van der Waals surface area contributed by atoms with E-state index in [2.05, 4.69) is 51.9 Å². The molecule has 0 aliphatic heterocycles. The Balaban J connectivity index is 1.75. The quantitative estimate of drug-likeness (QED) is 0.580. The summed E-state index contributed by atoms with van der Waals surface area (Å²) < 4.78 is 0. The molecule has 5 heteroatoms. The Bertz CT molecular complexity index is 601. The highest BCUT2D eigenvalue weighted by molar-refractivity contribution is 5.49. The fourth-order valence-corrected chi connectivity index (χ4v) is 2.85. The fraction of sp³-hybridized carbons (Fsp3) is 0.375. The molecular formula is C16H21N5. The van der Waals surface area contributed by atoms with Crippen molar-refractivity contribution in [1.82, 2.24) is 9.97 Å². The fourth-order valence-electron chi connectivity index (χ4n) is 2.85. The largest absolute Gasteiger partial charge is 0.366 e. The first-order valence-electron chi connectivity index (χ1n) is 7.46. The van der Waals surface area contributed by atoms with Gasteiger partial charge in [-0.2, -0.15) is 0 Å². The van der Waals surface area contributed by atoms with Crippen molar-refractivity contribution in [3.63, 3.8) is 0 Å². The van der Waals surface area contributed by atoms with Crippen LogP contribution >= 0.6 is 0 Å². The molecule has 0 unspecified atom stereocenters. The predicted molar refractivity (Wildman–Crippen MR) is 85.1 cm³/mol. The van der Waals surface area contributed by atoms with Crippen molar-refractivity contribution in [2.24, 2.45) is 5.84 Å². The molecule has 5 nitrogen and oxygen atoms in total. The minimum atomic E-state index is 0.386. The molecule has 1 aliphatic carbocycles. The molecular weight excluding hydrogens is 262 g/mol. The predicted octanol–water partition coefficient (Wildman–Crippen LogP) is 2.29. The van der Waals surface area contributed by atoms with Crippen LogP contribution in [-0.2, 0) is 19.3 Å². The van der Waals surface area contributed by atoms with Crippen molar-refractivity contribution in [3.05, 3.63) is 47.3 Å². The van der Waals surface area contributed by atoms with Crippen molar-refractivity contribution in [2.75, 3.05) is 10.7 Å². The molecule has 0 amide bonds. The average molecular weight is 283 g/mol. The van der Waals surface area contributed by atoms with E-state index >= 15 is 0 Å². The summed E-state index contributed by atoms with van der Waals surface area (Å²) in [5, 5.41) is 3.51. The Morgan fingerprint density at radius 2 is 1.81 bits per heavy atom. The molecule has 21 heavy (non-hydrogen) atoms. The summed E-state index contributed by atoms with van der Waals surface area (Å²) in [5.74, 6) is 7.82. The van der Waals surface area contributed by atoms with Gasteiger partial charge in [0.15, 0.2) is 0 Å². The van der Waals surface area contributed by atoms with Crippen LogP contribution in [0.3, 0.4) is 0 Å². The van der Waals surface area contributed by atoms with Gasteiger partial charge in [-0.05, 0) is 30.4 Å². The van der Waals surface area contributed by atoms with Crippen LogP contribution in [0.15, 0.2) is 30.3 Å². The van der Waals surface area contributed by atoms with Gasteiger partial charge in [-0.25, -0.2) is 15.8 Å². The highest BCUT2D eigenvalue weighted by Crippen LogP contribution is 2.24. The Hall–Kier alpha value is -2.14. The molecule has 1 aromatic carbocycles. The van der Waals surface area contributed by atoms with E-state index in [9.17, 15) is 0 Å². The number of nitrogens with zero attached hydrogens (tertiary/aromatic N) is 2. The number of nitrogens with two attached hydrogens (primary N) is 1. The van der Waals surface area contributed by atoms with E-state index in [0.717, 1.165) is 37.3 Å². The molecule has 1 heterocycles. The summed E-state index contributed by atoms with van der Waals surface area (Å²) in [7, 11) is 0. The third kappa shape index (κ3) is 3.13. The van der Waals surface area contributed by atoms with Crippen LogP contribution < -0.4 is 16.6 Å². The third-order valence-corrected chi connectivity index (χ3v) is 3.80. The summed E-state index contributed by atoms with van der Waals surface area (Å²) in [6.07, 6.45) is 3.95. The van der Waals surface area contributed by atoms with Crippen LogP contribution in [0.2, 0.25) is 0 Å². The van der Waals surface area contributed by atoms with Crippen molar-refractivity contribution in [1.29, 1.82) is 0 Å². The summed E-state index contributed by atoms with van der Waals surface area (Å²) in [4.78, 5) is 8.95. The lowest BCUT2D eigenvalue weighted by Gasteiger charge is -2.14. The summed E-state index contributed by atoms with van der Waals surface area (Å²) in [6.45, 7) is 2.12.